The Bertz CT molecular complexity index is 791. The van der Waals surface area contributed by atoms with E-state index in [4.69, 9.17) is 9.15 Å². The Hall–Kier alpha value is -2.02. The molecule has 3 fully saturated rings. The average molecular weight is 446 g/mol. The van der Waals surface area contributed by atoms with Crippen LogP contribution in [0.15, 0.2) is 16.5 Å². The molecule has 1 aromatic heterocycles. The number of ether oxygens (including phenoxy) is 1. The molecule has 32 heavy (non-hydrogen) atoms. The van der Waals surface area contributed by atoms with E-state index in [2.05, 4.69) is 23.2 Å². The third kappa shape index (κ3) is 5.30. The number of carbonyl (C=O) groups is 2. The molecule has 7 heteroatoms. The molecular formula is C25H39N3O4. The Labute approximate surface area is 191 Å². The Morgan fingerprint density at radius 2 is 1.94 bits per heavy atom. The SMILES string of the molecule is CCOC(=O)N1CCC(NC(=O)[C@H]2CC23CCN(CC[C@H](C)c2ccc(C)o2)CC3)CC1. The van der Waals surface area contributed by atoms with Crippen LogP contribution in [0.2, 0.25) is 0 Å². The third-order valence-corrected chi connectivity index (χ3v) is 7.85. The van der Waals surface area contributed by atoms with Crippen LogP contribution < -0.4 is 5.32 Å². The Morgan fingerprint density at radius 1 is 1.22 bits per heavy atom. The molecule has 2 amide bonds. The zero-order valence-corrected chi connectivity index (χ0v) is 19.9. The fraction of sp³-hybridized carbons (Fsp3) is 0.760. The summed E-state index contributed by atoms with van der Waals surface area (Å²) in [6.45, 7) is 11.0. The highest BCUT2D eigenvalue weighted by Gasteiger charge is 2.58. The van der Waals surface area contributed by atoms with E-state index in [0.29, 0.717) is 25.6 Å². The van der Waals surface area contributed by atoms with Gasteiger partial charge in [0.05, 0.1) is 6.61 Å². The molecule has 2 aliphatic heterocycles. The van der Waals surface area contributed by atoms with Crippen molar-refractivity contribution >= 4 is 12.0 Å². The van der Waals surface area contributed by atoms with Crippen molar-refractivity contribution < 1.29 is 18.7 Å². The van der Waals surface area contributed by atoms with Gasteiger partial charge in [0.25, 0.3) is 0 Å². The van der Waals surface area contributed by atoms with Crippen LogP contribution in [0.3, 0.4) is 0 Å². The number of nitrogens with zero attached hydrogens (tertiary/aromatic N) is 2. The summed E-state index contributed by atoms with van der Waals surface area (Å²) in [6.07, 6.45) is 5.78. The highest BCUT2D eigenvalue weighted by Crippen LogP contribution is 2.59. The maximum absolute atomic E-state index is 12.9. The molecule has 178 valence electrons. The van der Waals surface area contributed by atoms with Crippen molar-refractivity contribution in [3.8, 4) is 0 Å². The largest absolute Gasteiger partial charge is 0.466 e. The van der Waals surface area contributed by atoms with Gasteiger partial charge in [0.1, 0.15) is 11.5 Å². The van der Waals surface area contributed by atoms with Gasteiger partial charge in [0.2, 0.25) is 5.91 Å². The normalized spacial score (nSPS) is 24.3. The molecule has 2 saturated heterocycles. The Morgan fingerprint density at radius 3 is 2.56 bits per heavy atom. The molecule has 3 aliphatic rings. The molecule has 0 aromatic carbocycles. The smallest absolute Gasteiger partial charge is 0.409 e. The van der Waals surface area contributed by atoms with Crippen LogP contribution in [0.25, 0.3) is 0 Å². The number of likely N-dealkylation sites (tertiary alicyclic amines) is 2. The number of piperidine rings is 2. The number of nitrogens with one attached hydrogen (secondary N) is 1. The molecule has 1 saturated carbocycles. The molecule has 7 nitrogen and oxygen atoms in total. The lowest BCUT2D eigenvalue weighted by molar-refractivity contribution is -0.124. The first-order chi connectivity index (χ1) is 15.4. The number of aryl methyl sites for hydroxylation is 1. The molecule has 1 aliphatic carbocycles. The summed E-state index contributed by atoms with van der Waals surface area (Å²) in [4.78, 5) is 29.0. The van der Waals surface area contributed by atoms with Gasteiger partial charge in [0, 0.05) is 31.0 Å². The van der Waals surface area contributed by atoms with Gasteiger partial charge in [-0.15, -0.1) is 0 Å². The molecule has 0 radical (unpaired) electrons. The van der Waals surface area contributed by atoms with Crippen molar-refractivity contribution in [3.63, 3.8) is 0 Å². The Balaban J connectivity index is 1.15. The predicted molar refractivity (Wildman–Crippen MR) is 122 cm³/mol. The minimum Gasteiger partial charge on any atom is -0.466 e. The van der Waals surface area contributed by atoms with Crippen molar-refractivity contribution in [1.82, 2.24) is 15.1 Å². The van der Waals surface area contributed by atoms with E-state index in [-0.39, 0.29) is 29.4 Å². The zero-order chi connectivity index (χ0) is 22.7. The van der Waals surface area contributed by atoms with Crippen molar-refractivity contribution in [3.05, 3.63) is 23.7 Å². The van der Waals surface area contributed by atoms with E-state index >= 15 is 0 Å². The minimum atomic E-state index is -0.237. The van der Waals surface area contributed by atoms with Crippen LogP contribution in [0.1, 0.15) is 69.8 Å². The first-order valence-corrected chi connectivity index (χ1v) is 12.4. The van der Waals surface area contributed by atoms with Gasteiger partial charge in [-0.1, -0.05) is 6.92 Å². The number of rotatable bonds is 7. The second kappa shape index (κ2) is 9.86. The lowest BCUT2D eigenvalue weighted by Crippen LogP contribution is -2.47. The minimum absolute atomic E-state index is 0.178. The highest BCUT2D eigenvalue weighted by molar-refractivity contribution is 5.83. The summed E-state index contributed by atoms with van der Waals surface area (Å²) in [5.74, 6) is 2.92. The van der Waals surface area contributed by atoms with Crippen LogP contribution in [-0.2, 0) is 9.53 Å². The third-order valence-electron chi connectivity index (χ3n) is 7.85. The number of amides is 2. The van der Waals surface area contributed by atoms with E-state index in [1.165, 1.54) is 0 Å². The van der Waals surface area contributed by atoms with Gasteiger partial charge in [-0.05, 0) is 89.6 Å². The zero-order valence-electron chi connectivity index (χ0n) is 19.9. The van der Waals surface area contributed by atoms with Gasteiger partial charge < -0.3 is 24.3 Å². The summed E-state index contributed by atoms with van der Waals surface area (Å²) in [5, 5.41) is 3.27. The van der Waals surface area contributed by atoms with Crippen LogP contribution in [-0.4, -0.2) is 67.2 Å². The van der Waals surface area contributed by atoms with Gasteiger partial charge in [0.15, 0.2) is 0 Å². The van der Waals surface area contributed by atoms with Crippen LogP contribution >= 0.6 is 0 Å². The van der Waals surface area contributed by atoms with Crippen molar-refractivity contribution in [1.29, 1.82) is 0 Å². The van der Waals surface area contributed by atoms with Crippen LogP contribution in [0.5, 0.6) is 0 Å². The maximum atomic E-state index is 12.9. The van der Waals surface area contributed by atoms with Gasteiger partial charge in [-0.3, -0.25) is 4.79 Å². The number of carbonyl (C=O) groups excluding carboxylic acids is 2. The molecule has 1 N–H and O–H groups in total. The van der Waals surface area contributed by atoms with E-state index in [0.717, 1.165) is 69.7 Å². The van der Waals surface area contributed by atoms with E-state index in [1.54, 1.807) is 4.90 Å². The number of hydrogen-bond donors (Lipinski definition) is 1. The van der Waals surface area contributed by atoms with E-state index in [1.807, 2.05) is 19.9 Å². The van der Waals surface area contributed by atoms with E-state index in [9.17, 15) is 9.59 Å². The molecule has 1 spiro atoms. The first-order valence-electron chi connectivity index (χ1n) is 12.4. The maximum Gasteiger partial charge on any atom is 0.409 e. The monoisotopic (exact) mass is 445 g/mol. The number of furan rings is 1. The molecule has 2 atom stereocenters. The molecule has 4 rings (SSSR count). The molecular weight excluding hydrogens is 406 g/mol. The summed E-state index contributed by atoms with van der Waals surface area (Å²) < 4.78 is 10.8. The summed E-state index contributed by atoms with van der Waals surface area (Å²) in [6, 6.07) is 4.32. The van der Waals surface area contributed by atoms with Crippen LogP contribution in [0, 0.1) is 18.3 Å². The topological polar surface area (TPSA) is 75.0 Å². The fourth-order valence-corrected chi connectivity index (χ4v) is 5.45. The van der Waals surface area contributed by atoms with Crippen LogP contribution in [0.4, 0.5) is 4.79 Å². The van der Waals surface area contributed by atoms with Crippen molar-refractivity contribution in [2.75, 3.05) is 39.3 Å². The first kappa shape index (κ1) is 23.1. The fourth-order valence-electron chi connectivity index (χ4n) is 5.45. The quantitative estimate of drug-likeness (QED) is 0.689. The molecule has 3 heterocycles. The van der Waals surface area contributed by atoms with Gasteiger partial charge >= 0.3 is 6.09 Å². The van der Waals surface area contributed by atoms with Crippen molar-refractivity contribution in [2.45, 2.75) is 71.3 Å². The second-order valence-electron chi connectivity index (χ2n) is 10.1. The molecule has 0 unspecified atom stereocenters. The second-order valence-corrected chi connectivity index (χ2v) is 10.1. The summed E-state index contributed by atoms with van der Waals surface area (Å²) in [7, 11) is 0. The standard InChI is InChI=1S/C25H39N3O4/c1-4-31-24(30)28-13-8-20(9-14-28)26-23(29)21-17-25(21)10-15-27(16-11-25)12-7-18(2)22-6-5-19(3)32-22/h5-6,18,20-21H,4,7-17H2,1-3H3,(H,26,29)/t18-,21+/m0/s1. The molecule has 0 bridgehead atoms. The summed E-state index contributed by atoms with van der Waals surface area (Å²) >= 11 is 0. The van der Waals surface area contributed by atoms with Gasteiger partial charge in [-0.2, -0.15) is 0 Å². The molecule has 1 aromatic rings. The van der Waals surface area contributed by atoms with Gasteiger partial charge in [-0.25, -0.2) is 4.79 Å². The van der Waals surface area contributed by atoms with Crippen molar-refractivity contribution in [2.24, 2.45) is 11.3 Å². The van der Waals surface area contributed by atoms with E-state index < -0.39 is 0 Å². The predicted octanol–water partition coefficient (Wildman–Crippen LogP) is 3.92. The average Bonchev–Trinajstić information content (AvgIpc) is 3.31. The Kier molecular flexibility index (Phi) is 7.13. The highest BCUT2D eigenvalue weighted by atomic mass is 16.6. The lowest BCUT2D eigenvalue weighted by Gasteiger charge is -2.34. The summed E-state index contributed by atoms with van der Waals surface area (Å²) in [5.41, 5.74) is 0.232. The number of hydrogen-bond acceptors (Lipinski definition) is 5. The lowest BCUT2D eigenvalue weighted by atomic mass is 9.90.